The van der Waals surface area contributed by atoms with E-state index in [1.807, 2.05) is 0 Å². The van der Waals surface area contributed by atoms with Crippen LogP contribution in [0.15, 0.2) is 12.3 Å². The van der Waals surface area contributed by atoms with Gasteiger partial charge in [-0.25, -0.2) is 0 Å². The minimum absolute atomic E-state index is 0.142. The molecule has 0 aliphatic rings. The van der Waals surface area contributed by atoms with E-state index >= 15 is 0 Å². The van der Waals surface area contributed by atoms with Gasteiger partial charge >= 0.3 is 0 Å². The first-order chi connectivity index (χ1) is 7.77. The summed E-state index contributed by atoms with van der Waals surface area (Å²) in [5.74, 6) is 0.207. The molecule has 0 spiro atoms. The van der Waals surface area contributed by atoms with E-state index in [0.29, 0.717) is 18.2 Å². The Kier molecular flexibility index (Phi) is 5.56. The molecule has 0 saturated carbocycles. The molecule has 5 nitrogen and oxygen atoms in total. The molecule has 1 heterocycles. The zero-order chi connectivity index (χ0) is 11.8. The lowest BCUT2D eigenvalue weighted by Crippen LogP contribution is -2.30. The van der Waals surface area contributed by atoms with Crippen molar-refractivity contribution in [3.8, 4) is 0 Å². The van der Waals surface area contributed by atoms with Crippen molar-refractivity contribution in [3.63, 3.8) is 0 Å². The van der Waals surface area contributed by atoms with Gasteiger partial charge in [-0.15, -0.1) is 0 Å². The third kappa shape index (κ3) is 4.02. The summed E-state index contributed by atoms with van der Waals surface area (Å²) in [6, 6.07) is 1.64. The van der Waals surface area contributed by atoms with Crippen LogP contribution < -0.4 is 5.32 Å². The van der Waals surface area contributed by atoms with Crippen LogP contribution >= 0.6 is 0 Å². The predicted molar refractivity (Wildman–Crippen MR) is 61.0 cm³/mol. The van der Waals surface area contributed by atoms with E-state index in [2.05, 4.69) is 22.4 Å². The summed E-state index contributed by atoms with van der Waals surface area (Å²) in [4.78, 5) is 11.6. The Hall–Kier alpha value is -1.36. The summed E-state index contributed by atoms with van der Waals surface area (Å²) in [5.41, 5.74) is 0.472. The molecule has 0 aliphatic heterocycles. The molecule has 0 bridgehead atoms. The molecule has 1 rings (SSSR count). The lowest BCUT2D eigenvalue weighted by molar-refractivity contribution is 0.0938. The van der Waals surface area contributed by atoms with Crippen LogP contribution in [-0.2, 0) is 0 Å². The normalized spacial score (nSPS) is 12.4. The Bertz CT molecular complexity index is 292. The molecule has 16 heavy (non-hydrogen) atoms. The van der Waals surface area contributed by atoms with Gasteiger partial charge in [0.1, 0.15) is 5.69 Å². The third-order valence-corrected chi connectivity index (χ3v) is 2.53. The maximum atomic E-state index is 11.6. The first-order valence-corrected chi connectivity index (χ1v) is 5.66. The number of nitrogens with zero attached hydrogens (tertiary/aromatic N) is 1. The molecule has 0 radical (unpaired) electrons. The Balaban J connectivity index is 2.34. The van der Waals surface area contributed by atoms with Crippen LogP contribution in [0, 0.1) is 5.92 Å². The van der Waals surface area contributed by atoms with Crippen LogP contribution in [0.1, 0.15) is 36.7 Å². The van der Waals surface area contributed by atoms with E-state index < -0.39 is 0 Å². The standard InChI is InChI=1S/C11H19N3O2/c1-2-3-9(5-7-15)8-12-11(16)10-4-6-13-14-10/h4,6,9,15H,2-3,5,7-8H2,1H3,(H,12,16)(H,13,14). The number of aliphatic hydroxyl groups is 1. The Morgan fingerprint density at radius 3 is 3.00 bits per heavy atom. The van der Waals surface area contributed by atoms with Crippen molar-refractivity contribution < 1.29 is 9.90 Å². The third-order valence-electron chi connectivity index (χ3n) is 2.53. The molecule has 1 atom stereocenters. The first-order valence-electron chi connectivity index (χ1n) is 5.66. The van der Waals surface area contributed by atoms with Crippen molar-refractivity contribution in [1.29, 1.82) is 0 Å². The number of hydrogen-bond donors (Lipinski definition) is 3. The van der Waals surface area contributed by atoms with Gasteiger partial charge in [-0.05, 0) is 24.8 Å². The van der Waals surface area contributed by atoms with Crippen LogP contribution in [0.4, 0.5) is 0 Å². The predicted octanol–water partition coefficient (Wildman–Crippen LogP) is 0.938. The molecule has 0 saturated heterocycles. The number of aromatic nitrogens is 2. The van der Waals surface area contributed by atoms with Crippen LogP contribution in [-0.4, -0.2) is 34.4 Å². The van der Waals surface area contributed by atoms with Gasteiger partial charge in [0.15, 0.2) is 0 Å². The zero-order valence-corrected chi connectivity index (χ0v) is 9.57. The van der Waals surface area contributed by atoms with Gasteiger partial charge in [0.05, 0.1) is 0 Å². The number of rotatable bonds is 7. The molecule has 0 aliphatic carbocycles. The quantitative estimate of drug-likeness (QED) is 0.646. The largest absolute Gasteiger partial charge is 0.396 e. The summed E-state index contributed by atoms with van der Waals surface area (Å²) in [6.45, 7) is 2.87. The van der Waals surface area contributed by atoms with Crippen LogP contribution in [0.3, 0.4) is 0 Å². The molecule has 0 aromatic carbocycles. The molecular formula is C11H19N3O2. The van der Waals surface area contributed by atoms with Crippen molar-refractivity contribution >= 4 is 5.91 Å². The SMILES string of the molecule is CCCC(CCO)CNC(=O)c1ccn[nH]1. The molecule has 0 fully saturated rings. The molecule has 1 unspecified atom stereocenters. The summed E-state index contributed by atoms with van der Waals surface area (Å²) in [5, 5.41) is 18.0. The number of hydrogen-bond acceptors (Lipinski definition) is 3. The van der Waals surface area contributed by atoms with Gasteiger partial charge < -0.3 is 10.4 Å². The second kappa shape index (κ2) is 7.00. The molecular weight excluding hydrogens is 206 g/mol. The maximum Gasteiger partial charge on any atom is 0.269 e. The lowest BCUT2D eigenvalue weighted by Gasteiger charge is -2.15. The van der Waals surface area contributed by atoms with E-state index in [0.717, 1.165) is 19.3 Å². The number of amides is 1. The summed E-state index contributed by atoms with van der Waals surface area (Å²) < 4.78 is 0. The van der Waals surface area contributed by atoms with E-state index in [9.17, 15) is 4.79 Å². The molecule has 90 valence electrons. The average molecular weight is 225 g/mol. The Morgan fingerprint density at radius 2 is 2.44 bits per heavy atom. The molecule has 1 aromatic heterocycles. The fraction of sp³-hybridized carbons (Fsp3) is 0.636. The number of carbonyl (C=O) groups excluding carboxylic acids is 1. The van der Waals surface area contributed by atoms with E-state index in [4.69, 9.17) is 5.11 Å². The average Bonchev–Trinajstić information content (AvgIpc) is 2.79. The lowest BCUT2D eigenvalue weighted by atomic mass is 10.0. The molecule has 1 amide bonds. The Labute approximate surface area is 95.3 Å². The van der Waals surface area contributed by atoms with E-state index in [1.54, 1.807) is 12.3 Å². The summed E-state index contributed by atoms with van der Waals surface area (Å²) in [6.07, 6.45) is 4.36. The second-order valence-corrected chi connectivity index (χ2v) is 3.85. The summed E-state index contributed by atoms with van der Waals surface area (Å²) >= 11 is 0. The van der Waals surface area contributed by atoms with Crippen LogP contribution in [0.2, 0.25) is 0 Å². The highest BCUT2D eigenvalue weighted by Crippen LogP contribution is 2.09. The van der Waals surface area contributed by atoms with E-state index in [1.165, 1.54) is 0 Å². The highest BCUT2D eigenvalue weighted by Gasteiger charge is 2.11. The second-order valence-electron chi connectivity index (χ2n) is 3.85. The van der Waals surface area contributed by atoms with Gasteiger partial charge in [-0.3, -0.25) is 9.89 Å². The number of aliphatic hydroxyl groups excluding tert-OH is 1. The van der Waals surface area contributed by atoms with Crippen molar-refractivity contribution in [1.82, 2.24) is 15.5 Å². The van der Waals surface area contributed by atoms with Crippen molar-refractivity contribution in [2.24, 2.45) is 5.92 Å². The number of carbonyl (C=O) groups is 1. The van der Waals surface area contributed by atoms with Crippen molar-refractivity contribution in [3.05, 3.63) is 18.0 Å². The summed E-state index contributed by atoms with van der Waals surface area (Å²) in [7, 11) is 0. The monoisotopic (exact) mass is 225 g/mol. The smallest absolute Gasteiger partial charge is 0.269 e. The fourth-order valence-corrected chi connectivity index (χ4v) is 1.65. The van der Waals surface area contributed by atoms with Gasteiger partial charge in [0.2, 0.25) is 0 Å². The minimum atomic E-state index is -0.142. The van der Waals surface area contributed by atoms with Gasteiger partial charge in [-0.2, -0.15) is 5.10 Å². The molecule has 3 N–H and O–H groups in total. The molecule has 5 heteroatoms. The van der Waals surface area contributed by atoms with Crippen molar-refractivity contribution in [2.45, 2.75) is 26.2 Å². The Morgan fingerprint density at radius 1 is 1.62 bits per heavy atom. The van der Waals surface area contributed by atoms with Gasteiger partial charge in [0.25, 0.3) is 5.91 Å². The number of H-pyrrole nitrogens is 1. The zero-order valence-electron chi connectivity index (χ0n) is 9.57. The first kappa shape index (κ1) is 12.7. The van der Waals surface area contributed by atoms with E-state index in [-0.39, 0.29) is 12.5 Å². The number of nitrogens with one attached hydrogen (secondary N) is 2. The van der Waals surface area contributed by atoms with Gasteiger partial charge in [0, 0.05) is 19.3 Å². The highest BCUT2D eigenvalue weighted by molar-refractivity contribution is 5.92. The van der Waals surface area contributed by atoms with Crippen LogP contribution in [0.25, 0.3) is 0 Å². The maximum absolute atomic E-state index is 11.6. The topological polar surface area (TPSA) is 78.0 Å². The minimum Gasteiger partial charge on any atom is -0.396 e. The molecule has 1 aromatic rings. The fourth-order valence-electron chi connectivity index (χ4n) is 1.65. The van der Waals surface area contributed by atoms with Crippen LogP contribution in [0.5, 0.6) is 0 Å². The van der Waals surface area contributed by atoms with Crippen molar-refractivity contribution in [2.75, 3.05) is 13.2 Å². The number of aromatic amines is 1. The van der Waals surface area contributed by atoms with Gasteiger partial charge in [-0.1, -0.05) is 13.3 Å². The highest BCUT2D eigenvalue weighted by atomic mass is 16.3.